The molecule has 0 spiro atoms. The Morgan fingerprint density at radius 3 is 2.18 bits per heavy atom. The average Bonchev–Trinajstić information content (AvgIpc) is 1.98. The molecule has 2 heteroatoms. The van der Waals surface area contributed by atoms with Crippen LogP contribution in [0.2, 0.25) is 0 Å². The van der Waals surface area contributed by atoms with E-state index in [1.807, 2.05) is 0 Å². The number of nitrogens with two attached hydrogens (primary N) is 1. The van der Waals surface area contributed by atoms with Gasteiger partial charge in [-0.05, 0) is 25.2 Å². The van der Waals surface area contributed by atoms with Gasteiger partial charge in [0.1, 0.15) is 0 Å². The molecule has 11 heavy (non-hydrogen) atoms. The van der Waals surface area contributed by atoms with Gasteiger partial charge in [-0.2, -0.15) is 0 Å². The predicted molar refractivity (Wildman–Crippen MR) is 48.5 cm³/mol. The van der Waals surface area contributed by atoms with Crippen LogP contribution in [0.1, 0.15) is 27.2 Å². The van der Waals surface area contributed by atoms with Crippen molar-refractivity contribution in [3.05, 3.63) is 0 Å². The lowest BCUT2D eigenvalue weighted by Gasteiger charge is -2.22. The molecule has 0 bridgehead atoms. The van der Waals surface area contributed by atoms with E-state index in [9.17, 15) is 0 Å². The van der Waals surface area contributed by atoms with E-state index in [1.165, 1.54) is 0 Å². The van der Waals surface area contributed by atoms with Crippen molar-refractivity contribution >= 4 is 0 Å². The van der Waals surface area contributed by atoms with Gasteiger partial charge < -0.3 is 10.5 Å². The maximum absolute atomic E-state index is 5.77. The van der Waals surface area contributed by atoms with Gasteiger partial charge in [-0.3, -0.25) is 0 Å². The van der Waals surface area contributed by atoms with Crippen molar-refractivity contribution in [3.63, 3.8) is 0 Å². The third-order valence-electron chi connectivity index (χ3n) is 2.50. The highest BCUT2D eigenvalue weighted by molar-refractivity contribution is 4.69. The Morgan fingerprint density at radius 2 is 1.82 bits per heavy atom. The molecule has 0 saturated carbocycles. The molecular weight excluding hydrogens is 138 g/mol. The van der Waals surface area contributed by atoms with Gasteiger partial charge in [0.2, 0.25) is 0 Å². The van der Waals surface area contributed by atoms with Crippen LogP contribution in [0.25, 0.3) is 0 Å². The van der Waals surface area contributed by atoms with Gasteiger partial charge in [0.15, 0.2) is 0 Å². The minimum Gasteiger partial charge on any atom is -0.385 e. The highest BCUT2D eigenvalue weighted by Crippen LogP contribution is 2.16. The normalized spacial score (nSPS) is 19.4. The Morgan fingerprint density at radius 1 is 1.27 bits per heavy atom. The summed E-state index contributed by atoms with van der Waals surface area (Å²) in [4.78, 5) is 0. The first-order valence-corrected chi connectivity index (χ1v) is 4.34. The van der Waals surface area contributed by atoms with Gasteiger partial charge in [-0.1, -0.05) is 13.8 Å². The Kier molecular flexibility index (Phi) is 5.51. The highest BCUT2D eigenvalue weighted by Gasteiger charge is 2.15. The van der Waals surface area contributed by atoms with Crippen molar-refractivity contribution < 1.29 is 4.74 Å². The zero-order valence-corrected chi connectivity index (χ0v) is 8.13. The van der Waals surface area contributed by atoms with Crippen molar-refractivity contribution in [2.24, 2.45) is 17.6 Å². The third-order valence-corrected chi connectivity index (χ3v) is 2.50. The second-order valence-corrected chi connectivity index (χ2v) is 3.48. The molecule has 2 nitrogen and oxygen atoms in total. The molecule has 0 aliphatic carbocycles. The standard InChI is InChI=1S/C9H21NO/c1-7(5-6-11-4)8(2)9(3)10/h7-9H,5-6,10H2,1-4H3. The molecule has 0 rings (SSSR count). The van der Waals surface area contributed by atoms with Gasteiger partial charge >= 0.3 is 0 Å². The summed E-state index contributed by atoms with van der Waals surface area (Å²) in [7, 11) is 1.74. The Bertz CT molecular complexity index is 93.6. The monoisotopic (exact) mass is 159 g/mol. The van der Waals surface area contributed by atoms with Crippen LogP contribution in [0.4, 0.5) is 0 Å². The summed E-state index contributed by atoms with van der Waals surface area (Å²) < 4.78 is 5.00. The fourth-order valence-electron chi connectivity index (χ4n) is 1.08. The number of rotatable bonds is 5. The number of hydrogen-bond acceptors (Lipinski definition) is 2. The van der Waals surface area contributed by atoms with Crippen LogP contribution in [0.3, 0.4) is 0 Å². The maximum atomic E-state index is 5.77. The fourth-order valence-corrected chi connectivity index (χ4v) is 1.08. The van der Waals surface area contributed by atoms with E-state index < -0.39 is 0 Å². The summed E-state index contributed by atoms with van der Waals surface area (Å²) in [6.07, 6.45) is 1.11. The van der Waals surface area contributed by atoms with Crippen LogP contribution in [-0.2, 0) is 4.74 Å². The molecule has 0 aliphatic rings. The van der Waals surface area contributed by atoms with E-state index in [0.717, 1.165) is 13.0 Å². The Balaban J connectivity index is 3.55. The molecule has 0 radical (unpaired) electrons. The van der Waals surface area contributed by atoms with Crippen molar-refractivity contribution in [1.29, 1.82) is 0 Å². The second kappa shape index (κ2) is 5.56. The van der Waals surface area contributed by atoms with Crippen molar-refractivity contribution in [2.75, 3.05) is 13.7 Å². The van der Waals surface area contributed by atoms with Gasteiger partial charge in [-0.15, -0.1) is 0 Å². The summed E-state index contributed by atoms with van der Waals surface area (Å²) in [6, 6.07) is 0.293. The van der Waals surface area contributed by atoms with Gasteiger partial charge in [-0.25, -0.2) is 0 Å². The van der Waals surface area contributed by atoms with Crippen LogP contribution in [-0.4, -0.2) is 19.8 Å². The van der Waals surface area contributed by atoms with E-state index in [0.29, 0.717) is 17.9 Å². The summed E-state index contributed by atoms with van der Waals surface area (Å²) in [5.74, 6) is 1.25. The lowest BCUT2D eigenvalue weighted by molar-refractivity contribution is 0.163. The van der Waals surface area contributed by atoms with Crippen molar-refractivity contribution in [2.45, 2.75) is 33.2 Å². The zero-order valence-electron chi connectivity index (χ0n) is 8.13. The van der Waals surface area contributed by atoms with Gasteiger partial charge in [0.05, 0.1) is 0 Å². The predicted octanol–water partition coefficient (Wildman–Crippen LogP) is 1.64. The molecule has 0 aromatic carbocycles. The van der Waals surface area contributed by atoms with E-state index in [-0.39, 0.29) is 0 Å². The lowest BCUT2D eigenvalue weighted by atomic mass is 9.88. The molecule has 3 unspecified atom stereocenters. The van der Waals surface area contributed by atoms with E-state index >= 15 is 0 Å². The average molecular weight is 159 g/mol. The summed E-state index contributed by atoms with van der Waals surface area (Å²) >= 11 is 0. The molecule has 0 fully saturated rings. The van der Waals surface area contributed by atoms with Gasteiger partial charge in [0.25, 0.3) is 0 Å². The van der Waals surface area contributed by atoms with Gasteiger partial charge in [0, 0.05) is 19.8 Å². The molecule has 2 N–H and O–H groups in total. The molecule has 3 atom stereocenters. The largest absolute Gasteiger partial charge is 0.385 e. The molecule has 0 aliphatic heterocycles. The van der Waals surface area contributed by atoms with Crippen molar-refractivity contribution in [1.82, 2.24) is 0 Å². The van der Waals surface area contributed by atoms with E-state index in [4.69, 9.17) is 10.5 Å². The first-order chi connectivity index (χ1) is 5.09. The third kappa shape index (κ3) is 4.38. The molecule has 0 heterocycles. The SMILES string of the molecule is COCCC(C)C(C)C(C)N. The topological polar surface area (TPSA) is 35.2 Å². The van der Waals surface area contributed by atoms with Crippen LogP contribution in [0.5, 0.6) is 0 Å². The number of hydrogen-bond donors (Lipinski definition) is 1. The van der Waals surface area contributed by atoms with E-state index in [2.05, 4.69) is 20.8 Å². The molecule has 0 aromatic rings. The minimum atomic E-state index is 0.293. The molecule has 0 amide bonds. The highest BCUT2D eigenvalue weighted by atomic mass is 16.5. The zero-order chi connectivity index (χ0) is 8.85. The Hall–Kier alpha value is -0.0800. The smallest absolute Gasteiger partial charge is 0.0464 e. The number of methoxy groups -OCH3 is 1. The van der Waals surface area contributed by atoms with E-state index in [1.54, 1.807) is 7.11 Å². The number of ether oxygens (including phenoxy) is 1. The maximum Gasteiger partial charge on any atom is 0.0464 e. The molecule has 0 saturated heterocycles. The Labute approximate surface area is 70.1 Å². The molecular formula is C9H21NO. The molecule has 68 valence electrons. The lowest BCUT2D eigenvalue weighted by Crippen LogP contribution is -2.29. The van der Waals surface area contributed by atoms with Crippen LogP contribution in [0, 0.1) is 11.8 Å². The summed E-state index contributed by atoms with van der Waals surface area (Å²) in [6.45, 7) is 7.34. The second-order valence-electron chi connectivity index (χ2n) is 3.48. The molecule has 0 aromatic heterocycles. The first kappa shape index (κ1) is 10.9. The minimum absolute atomic E-state index is 0.293. The summed E-state index contributed by atoms with van der Waals surface area (Å²) in [5.41, 5.74) is 5.77. The van der Waals surface area contributed by atoms with Crippen LogP contribution in [0.15, 0.2) is 0 Å². The van der Waals surface area contributed by atoms with Crippen LogP contribution >= 0.6 is 0 Å². The first-order valence-electron chi connectivity index (χ1n) is 4.34. The quantitative estimate of drug-likeness (QED) is 0.662. The summed E-state index contributed by atoms with van der Waals surface area (Å²) in [5, 5.41) is 0. The fraction of sp³-hybridized carbons (Fsp3) is 1.00. The van der Waals surface area contributed by atoms with Crippen LogP contribution < -0.4 is 5.73 Å². The van der Waals surface area contributed by atoms with Crippen molar-refractivity contribution in [3.8, 4) is 0 Å².